The zero-order valence-electron chi connectivity index (χ0n) is 16.8. The Hall–Kier alpha value is -3.34. The van der Waals surface area contributed by atoms with Crippen molar-refractivity contribution in [2.24, 2.45) is 0 Å². The van der Waals surface area contributed by atoms with Gasteiger partial charge in [0.1, 0.15) is 11.5 Å². The van der Waals surface area contributed by atoms with Crippen LogP contribution in [0.5, 0.6) is 11.5 Å². The minimum absolute atomic E-state index is 0.00477. The van der Waals surface area contributed by atoms with E-state index >= 15 is 0 Å². The van der Waals surface area contributed by atoms with Gasteiger partial charge in [0.25, 0.3) is 5.56 Å². The van der Waals surface area contributed by atoms with Crippen molar-refractivity contribution in [3.8, 4) is 11.5 Å². The van der Waals surface area contributed by atoms with Crippen LogP contribution in [0, 0.1) is 0 Å². The highest BCUT2D eigenvalue weighted by Gasteiger charge is 2.05. The van der Waals surface area contributed by atoms with E-state index in [1.165, 1.54) is 18.6 Å². The first-order valence-corrected chi connectivity index (χ1v) is 9.78. The number of hydrogen-bond acceptors (Lipinski definition) is 3. The van der Waals surface area contributed by atoms with Crippen LogP contribution < -0.4 is 15.6 Å². The summed E-state index contributed by atoms with van der Waals surface area (Å²) in [5.74, 6) is 1.33. The van der Waals surface area contributed by atoms with Crippen molar-refractivity contribution in [3.63, 3.8) is 0 Å². The number of aromatic nitrogens is 1. The zero-order chi connectivity index (χ0) is 20.6. The summed E-state index contributed by atoms with van der Waals surface area (Å²) >= 11 is 0. The summed E-state index contributed by atoms with van der Waals surface area (Å²) in [6.07, 6.45) is 3.49. The van der Waals surface area contributed by atoms with Crippen molar-refractivity contribution in [1.82, 2.24) is 9.88 Å². The standard InChI is InChI=1S/C24H26N2O3/c1-18(25-19(2)27)8-9-20-10-12-22(13-11-20)29-23-14-15-24(28)26(17-23)16-21-6-4-3-5-7-21/h3-7,10-15,17-18H,8-9,16H2,1-2H3,(H,25,27). The topological polar surface area (TPSA) is 60.3 Å². The maximum absolute atomic E-state index is 12.1. The van der Waals surface area contributed by atoms with Crippen molar-refractivity contribution in [2.45, 2.75) is 39.3 Å². The van der Waals surface area contributed by atoms with Crippen molar-refractivity contribution in [1.29, 1.82) is 0 Å². The number of carbonyl (C=O) groups is 1. The maximum Gasteiger partial charge on any atom is 0.251 e. The normalized spacial score (nSPS) is 11.7. The molecule has 3 aromatic rings. The molecule has 1 amide bonds. The molecule has 0 fully saturated rings. The highest BCUT2D eigenvalue weighted by Crippen LogP contribution is 2.21. The van der Waals surface area contributed by atoms with Crippen molar-refractivity contribution >= 4 is 5.91 Å². The van der Waals surface area contributed by atoms with Gasteiger partial charge in [0.2, 0.25) is 5.91 Å². The molecule has 0 aliphatic heterocycles. The smallest absolute Gasteiger partial charge is 0.251 e. The molecule has 0 radical (unpaired) electrons. The van der Waals surface area contributed by atoms with Gasteiger partial charge in [-0.2, -0.15) is 0 Å². The Morgan fingerprint density at radius 2 is 1.66 bits per heavy atom. The fraction of sp³-hybridized carbons (Fsp3) is 0.250. The molecule has 5 heteroatoms. The number of rotatable bonds is 8. The van der Waals surface area contributed by atoms with E-state index in [4.69, 9.17) is 4.74 Å². The van der Waals surface area contributed by atoms with E-state index in [0.29, 0.717) is 18.0 Å². The van der Waals surface area contributed by atoms with Gasteiger partial charge in [-0.1, -0.05) is 42.5 Å². The van der Waals surface area contributed by atoms with Gasteiger partial charge in [-0.25, -0.2) is 0 Å². The van der Waals surface area contributed by atoms with Crippen LogP contribution >= 0.6 is 0 Å². The van der Waals surface area contributed by atoms with Gasteiger partial charge in [0, 0.05) is 19.0 Å². The Kier molecular flexibility index (Phi) is 6.85. The Morgan fingerprint density at radius 3 is 2.34 bits per heavy atom. The first-order valence-electron chi connectivity index (χ1n) is 9.78. The summed E-state index contributed by atoms with van der Waals surface area (Å²) < 4.78 is 7.57. The third kappa shape index (κ3) is 6.35. The number of ether oxygens (including phenoxy) is 1. The molecule has 0 saturated heterocycles. The quantitative estimate of drug-likeness (QED) is 0.629. The molecule has 1 atom stereocenters. The highest BCUT2D eigenvalue weighted by molar-refractivity contribution is 5.73. The van der Waals surface area contributed by atoms with Gasteiger partial charge < -0.3 is 14.6 Å². The van der Waals surface area contributed by atoms with Crippen LogP contribution in [0.25, 0.3) is 0 Å². The SMILES string of the molecule is CC(=O)NC(C)CCc1ccc(Oc2ccc(=O)n(Cc3ccccc3)c2)cc1. The van der Waals surface area contributed by atoms with Gasteiger partial charge in [-0.15, -0.1) is 0 Å². The largest absolute Gasteiger partial charge is 0.456 e. The predicted molar refractivity (Wildman–Crippen MR) is 114 cm³/mol. The van der Waals surface area contributed by atoms with Gasteiger partial charge >= 0.3 is 0 Å². The molecule has 150 valence electrons. The van der Waals surface area contributed by atoms with Crippen LogP contribution in [-0.4, -0.2) is 16.5 Å². The lowest BCUT2D eigenvalue weighted by Gasteiger charge is -2.13. The Labute approximate surface area is 171 Å². The molecule has 2 aromatic carbocycles. The average molecular weight is 390 g/mol. The molecular weight excluding hydrogens is 364 g/mol. The summed E-state index contributed by atoms with van der Waals surface area (Å²) in [5.41, 5.74) is 2.18. The fourth-order valence-corrected chi connectivity index (χ4v) is 3.14. The average Bonchev–Trinajstić information content (AvgIpc) is 2.70. The monoisotopic (exact) mass is 390 g/mol. The Bertz CT molecular complexity index is 995. The van der Waals surface area contributed by atoms with E-state index in [1.807, 2.05) is 61.5 Å². The van der Waals surface area contributed by atoms with E-state index < -0.39 is 0 Å². The minimum Gasteiger partial charge on any atom is -0.456 e. The van der Waals surface area contributed by atoms with Gasteiger partial charge in [0.15, 0.2) is 0 Å². The molecule has 0 saturated carbocycles. The number of nitrogens with zero attached hydrogens (tertiary/aromatic N) is 1. The molecule has 5 nitrogen and oxygen atoms in total. The highest BCUT2D eigenvalue weighted by atomic mass is 16.5. The number of nitrogens with one attached hydrogen (secondary N) is 1. The third-order valence-corrected chi connectivity index (χ3v) is 4.63. The molecule has 0 aliphatic carbocycles. The fourth-order valence-electron chi connectivity index (χ4n) is 3.14. The third-order valence-electron chi connectivity index (χ3n) is 4.63. The zero-order valence-corrected chi connectivity index (χ0v) is 16.8. The lowest BCUT2D eigenvalue weighted by molar-refractivity contribution is -0.119. The Morgan fingerprint density at radius 1 is 0.966 bits per heavy atom. The molecule has 0 aliphatic rings. The second-order valence-corrected chi connectivity index (χ2v) is 7.20. The molecule has 0 bridgehead atoms. The molecule has 29 heavy (non-hydrogen) atoms. The van der Waals surface area contributed by atoms with Crippen LogP contribution in [0.2, 0.25) is 0 Å². The van der Waals surface area contributed by atoms with E-state index in [9.17, 15) is 9.59 Å². The van der Waals surface area contributed by atoms with E-state index in [0.717, 1.165) is 18.4 Å². The predicted octanol–water partition coefficient (Wildman–Crippen LogP) is 4.15. The maximum atomic E-state index is 12.1. The van der Waals surface area contributed by atoms with Crippen molar-refractivity contribution < 1.29 is 9.53 Å². The van der Waals surface area contributed by atoms with Crippen LogP contribution in [0.1, 0.15) is 31.4 Å². The number of carbonyl (C=O) groups excluding carboxylic acids is 1. The number of pyridine rings is 1. The summed E-state index contributed by atoms with van der Waals surface area (Å²) in [5, 5.41) is 2.89. The van der Waals surface area contributed by atoms with E-state index in [2.05, 4.69) is 5.32 Å². The molecule has 3 rings (SSSR count). The van der Waals surface area contributed by atoms with Crippen LogP contribution in [0.4, 0.5) is 0 Å². The molecular formula is C24H26N2O3. The Balaban J connectivity index is 1.62. The van der Waals surface area contributed by atoms with Crippen LogP contribution in [-0.2, 0) is 17.8 Å². The summed E-state index contributed by atoms with van der Waals surface area (Å²) in [7, 11) is 0. The van der Waals surface area contributed by atoms with E-state index in [1.54, 1.807) is 16.8 Å². The molecule has 1 unspecified atom stereocenters. The molecule has 1 N–H and O–H groups in total. The summed E-state index contributed by atoms with van der Waals surface area (Å²) in [4.78, 5) is 23.2. The van der Waals surface area contributed by atoms with Gasteiger partial charge in [0.05, 0.1) is 12.7 Å². The minimum atomic E-state index is -0.0650. The number of benzene rings is 2. The summed E-state index contributed by atoms with van der Waals surface area (Å²) in [6.45, 7) is 4.04. The van der Waals surface area contributed by atoms with Crippen LogP contribution in [0.15, 0.2) is 77.7 Å². The lowest BCUT2D eigenvalue weighted by Crippen LogP contribution is -2.30. The molecule has 0 spiro atoms. The van der Waals surface area contributed by atoms with Gasteiger partial charge in [-0.3, -0.25) is 9.59 Å². The second kappa shape index (κ2) is 9.73. The molecule has 1 heterocycles. The number of amides is 1. The number of hydrogen-bond donors (Lipinski definition) is 1. The van der Waals surface area contributed by atoms with Crippen molar-refractivity contribution in [3.05, 3.63) is 94.4 Å². The first kappa shape index (κ1) is 20.4. The van der Waals surface area contributed by atoms with Gasteiger partial charge in [-0.05, 0) is 49.1 Å². The summed E-state index contributed by atoms with van der Waals surface area (Å²) in [6, 6.07) is 21.1. The molecule has 1 aromatic heterocycles. The lowest BCUT2D eigenvalue weighted by atomic mass is 10.1. The van der Waals surface area contributed by atoms with E-state index in [-0.39, 0.29) is 17.5 Å². The van der Waals surface area contributed by atoms with Crippen molar-refractivity contribution in [2.75, 3.05) is 0 Å². The second-order valence-electron chi connectivity index (χ2n) is 7.20. The number of aryl methyl sites for hydroxylation is 1. The van der Waals surface area contributed by atoms with Crippen LogP contribution in [0.3, 0.4) is 0 Å². The first-order chi connectivity index (χ1) is 14.0.